The van der Waals surface area contributed by atoms with E-state index >= 15 is 0 Å². The first-order chi connectivity index (χ1) is 9.93. The van der Waals surface area contributed by atoms with Gasteiger partial charge >= 0.3 is 6.03 Å². The van der Waals surface area contributed by atoms with Crippen molar-refractivity contribution in [3.63, 3.8) is 0 Å². The molecule has 2 saturated heterocycles. The molecular formula is C12H17F2N3O4. The first-order valence-corrected chi connectivity index (χ1v) is 6.70. The second kappa shape index (κ2) is 6.33. The Morgan fingerprint density at radius 2 is 2.00 bits per heavy atom. The lowest BCUT2D eigenvalue weighted by molar-refractivity contribution is -0.137. The summed E-state index contributed by atoms with van der Waals surface area (Å²) in [4.78, 5) is 36.3. The summed E-state index contributed by atoms with van der Waals surface area (Å²) in [6, 6.07) is -0.514. The van der Waals surface area contributed by atoms with Gasteiger partial charge in [0, 0.05) is 13.1 Å². The molecule has 0 unspecified atom stereocenters. The minimum Gasteiger partial charge on any atom is -0.375 e. The average molecular weight is 305 g/mol. The van der Waals surface area contributed by atoms with Gasteiger partial charge in [0.2, 0.25) is 5.91 Å². The van der Waals surface area contributed by atoms with Crippen LogP contribution in [-0.2, 0) is 14.3 Å². The number of likely N-dealkylation sites (tertiary alicyclic amines) is 1. The van der Waals surface area contributed by atoms with E-state index in [-0.39, 0.29) is 24.8 Å². The number of nitrogens with one attached hydrogen (secondary N) is 2. The van der Waals surface area contributed by atoms with Crippen LogP contribution in [0.25, 0.3) is 0 Å². The number of alkyl halides is 2. The molecule has 118 valence electrons. The van der Waals surface area contributed by atoms with E-state index in [0.29, 0.717) is 25.9 Å². The van der Waals surface area contributed by atoms with Crippen molar-refractivity contribution < 1.29 is 27.9 Å². The second-order valence-corrected chi connectivity index (χ2v) is 5.09. The Balaban J connectivity index is 1.75. The molecule has 9 heteroatoms. The van der Waals surface area contributed by atoms with Gasteiger partial charge in [-0.05, 0) is 12.8 Å². The van der Waals surface area contributed by atoms with E-state index in [1.807, 2.05) is 0 Å². The summed E-state index contributed by atoms with van der Waals surface area (Å²) in [7, 11) is 0. The smallest absolute Gasteiger partial charge is 0.322 e. The zero-order chi connectivity index (χ0) is 15.5. The molecule has 0 aromatic rings. The minimum absolute atomic E-state index is 0.0261. The number of carbonyl (C=O) groups is 3. The summed E-state index contributed by atoms with van der Waals surface area (Å²) in [5, 5.41) is 4.79. The maximum absolute atomic E-state index is 11.9. The molecule has 2 aliphatic rings. The van der Waals surface area contributed by atoms with Gasteiger partial charge in [-0.3, -0.25) is 14.9 Å². The van der Waals surface area contributed by atoms with Gasteiger partial charge in [-0.1, -0.05) is 0 Å². The highest BCUT2D eigenvalue weighted by Gasteiger charge is 2.48. The number of amides is 4. The normalized spacial score (nSPS) is 20.8. The van der Waals surface area contributed by atoms with E-state index in [9.17, 15) is 23.2 Å². The first kappa shape index (κ1) is 15.6. The highest BCUT2D eigenvalue weighted by Crippen LogP contribution is 2.25. The predicted molar refractivity (Wildman–Crippen MR) is 66.7 cm³/mol. The Morgan fingerprint density at radius 1 is 1.33 bits per heavy atom. The molecule has 7 nitrogen and oxygen atoms in total. The van der Waals surface area contributed by atoms with E-state index in [4.69, 9.17) is 0 Å². The number of urea groups is 1. The van der Waals surface area contributed by atoms with E-state index in [2.05, 4.69) is 15.4 Å². The topological polar surface area (TPSA) is 87.7 Å². The van der Waals surface area contributed by atoms with Gasteiger partial charge in [0.1, 0.15) is 12.1 Å². The fourth-order valence-electron chi connectivity index (χ4n) is 2.51. The van der Waals surface area contributed by atoms with Crippen LogP contribution in [0.5, 0.6) is 0 Å². The van der Waals surface area contributed by atoms with Crippen LogP contribution in [0.15, 0.2) is 0 Å². The fourth-order valence-corrected chi connectivity index (χ4v) is 2.51. The van der Waals surface area contributed by atoms with Crippen LogP contribution >= 0.6 is 0 Å². The van der Waals surface area contributed by atoms with Crippen LogP contribution in [0, 0.1) is 0 Å². The van der Waals surface area contributed by atoms with E-state index in [1.54, 1.807) is 4.90 Å². The monoisotopic (exact) mass is 305 g/mol. The number of nitrogens with zero attached hydrogens (tertiary/aromatic N) is 1. The number of carbonyl (C=O) groups excluding carboxylic acids is 3. The minimum atomic E-state index is -2.54. The third kappa shape index (κ3) is 3.66. The molecule has 0 atom stereocenters. The molecule has 0 saturated carbocycles. The van der Waals surface area contributed by atoms with Crippen LogP contribution in [0.3, 0.4) is 0 Å². The Morgan fingerprint density at radius 3 is 2.52 bits per heavy atom. The van der Waals surface area contributed by atoms with Crippen molar-refractivity contribution in [2.45, 2.75) is 31.2 Å². The van der Waals surface area contributed by atoms with E-state index in [1.165, 1.54) is 0 Å². The molecule has 0 aliphatic carbocycles. The average Bonchev–Trinajstić information content (AvgIpc) is 2.69. The van der Waals surface area contributed by atoms with Crippen molar-refractivity contribution in [3.8, 4) is 0 Å². The SMILES string of the molecule is O=C1NC(=O)C2(CCN(C(=O)CCOCC(F)F)CC2)N1. The molecule has 21 heavy (non-hydrogen) atoms. The molecule has 2 aliphatic heterocycles. The molecule has 2 N–H and O–H groups in total. The number of hydrogen-bond acceptors (Lipinski definition) is 4. The Hall–Kier alpha value is -1.77. The van der Waals surface area contributed by atoms with Crippen molar-refractivity contribution in [1.82, 2.24) is 15.5 Å². The summed E-state index contributed by atoms with van der Waals surface area (Å²) < 4.78 is 28.4. The highest BCUT2D eigenvalue weighted by atomic mass is 19.3. The number of rotatable bonds is 5. The van der Waals surface area contributed by atoms with E-state index in [0.717, 1.165) is 0 Å². The molecular weight excluding hydrogens is 288 g/mol. The van der Waals surface area contributed by atoms with Gasteiger partial charge in [-0.25, -0.2) is 13.6 Å². The molecule has 2 heterocycles. The Bertz CT molecular complexity index is 436. The van der Waals surface area contributed by atoms with Crippen LogP contribution in [-0.4, -0.2) is 61.0 Å². The Kier molecular flexibility index (Phi) is 4.71. The lowest BCUT2D eigenvalue weighted by Crippen LogP contribution is -2.55. The molecule has 2 fully saturated rings. The van der Waals surface area contributed by atoms with Gasteiger partial charge < -0.3 is 15.0 Å². The van der Waals surface area contributed by atoms with Crippen molar-refractivity contribution in [1.29, 1.82) is 0 Å². The summed E-state index contributed by atoms with van der Waals surface area (Å²) in [6.45, 7) is -0.0621. The third-order valence-corrected chi connectivity index (χ3v) is 3.69. The van der Waals surface area contributed by atoms with E-state index < -0.39 is 24.6 Å². The maximum Gasteiger partial charge on any atom is 0.322 e. The lowest BCUT2D eigenvalue weighted by atomic mass is 9.87. The van der Waals surface area contributed by atoms with Crippen molar-refractivity contribution in [2.24, 2.45) is 0 Å². The molecule has 0 aromatic carbocycles. The quantitative estimate of drug-likeness (QED) is 0.546. The summed E-state index contributed by atoms with van der Waals surface area (Å²) in [6.07, 6.45) is -1.83. The molecule has 0 radical (unpaired) electrons. The van der Waals surface area contributed by atoms with Gasteiger partial charge in [0.25, 0.3) is 12.3 Å². The Labute approximate surface area is 120 Å². The molecule has 0 aromatic heterocycles. The van der Waals surface area contributed by atoms with Crippen LogP contribution in [0.4, 0.5) is 13.6 Å². The van der Waals surface area contributed by atoms with Gasteiger partial charge in [0.15, 0.2) is 0 Å². The number of hydrogen-bond donors (Lipinski definition) is 2. The fraction of sp³-hybridized carbons (Fsp3) is 0.750. The standard InChI is InChI=1S/C12H17F2N3O4/c13-8(14)7-21-6-1-9(18)17-4-2-12(3-5-17)10(19)15-11(20)16-12/h8H,1-7H2,(H2,15,16,19,20). The number of halogens is 2. The van der Waals surface area contributed by atoms with Crippen LogP contribution in [0.1, 0.15) is 19.3 Å². The van der Waals surface area contributed by atoms with Gasteiger partial charge in [-0.2, -0.15) is 0 Å². The van der Waals surface area contributed by atoms with Gasteiger partial charge in [-0.15, -0.1) is 0 Å². The van der Waals surface area contributed by atoms with Gasteiger partial charge in [0.05, 0.1) is 13.0 Å². The summed E-state index contributed by atoms with van der Waals surface area (Å²) in [5.41, 5.74) is -0.917. The largest absolute Gasteiger partial charge is 0.375 e. The zero-order valence-corrected chi connectivity index (χ0v) is 11.4. The van der Waals surface area contributed by atoms with Crippen LogP contribution < -0.4 is 10.6 Å². The molecule has 1 spiro atoms. The lowest BCUT2D eigenvalue weighted by Gasteiger charge is -2.37. The zero-order valence-electron chi connectivity index (χ0n) is 11.4. The second-order valence-electron chi connectivity index (χ2n) is 5.09. The predicted octanol–water partition coefficient (Wildman–Crippen LogP) is -0.141. The number of ether oxygens (including phenoxy) is 1. The highest BCUT2D eigenvalue weighted by molar-refractivity contribution is 6.07. The number of imide groups is 1. The van der Waals surface area contributed by atoms with Crippen LogP contribution in [0.2, 0.25) is 0 Å². The molecule has 4 amide bonds. The van der Waals surface area contributed by atoms with Crippen molar-refractivity contribution in [3.05, 3.63) is 0 Å². The van der Waals surface area contributed by atoms with Crippen molar-refractivity contribution >= 4 is 17.8 Å². The first-order valence-electron chi connectivity index (χ1n) is 6.70. The summed E-state index contributed by atoms with van der Waals surface area (Å²) >= 11 is 0. The molecule has 2 rings (SSSR count). The number of piperidine rings is 1. The molecule has 0 bridgehead atoms. The van der Waals surface area contributed by atoms with Crippen molar-refractivity contribution in [2.75, 3.05) is 26.3 Å². The maximum atomic E-state index is 11.9. The third-order valence-electron chi connectivity index (χ3n) is 3.69. The summed E-state index contributed by atoms with van der Waals surface area (Å²) in [5.74, 6) is -0.566.